The summed E-state index contributed by atoms with van der Waals surface area (Å²) in [5.41, 5.74) is 6.21. The van der Waals surface area contributed by atoms with Gasteiger partial charge in [0.05, 0.1) is 22.3 Å². The minimum absolute atomic E-state index is 0.00516. The van der Waals surface area contributed by atoms with Gasteiger partial charge in [0.15, 0.2) is 4.80 Å². The summed E-state index contributed by atoms with van der Waals surface area (Å²) in [6.45, 7) is 6.29. The fourth-order valence-electron chi connectivity index (χ4n) is 3.61. The quantitative estimate of drug-likeness (QED) is 0.266. The maximum Gasteiger partial charge on any atom is 0.270 e. The Morgan fingerprint density at radius 2 is 1.74 bits per heavy atom. The zero-order valence-electron chi connectivity index (χ0n) is 17.6. The summed E-state index contributed by atoms with van der Waals surface area (Å²) in [4.78, 5) is 16.8. The first-order valence-corrected chi connectivity index (χ1v) is 10.9. The van der Waals surface area contributed by atoms with Crippen LogP contribution in [0.15, 0.2) is 83.2 Å². The molecule has 0 radical (unpaired) electrons. The fraction of sp³-hybridized carbons (Fsp3) is 0.160. The summed E-state index contributed by atoms with van der Waals surface area (Å²) in [6, 6.07) is 23.1. The highest BCUT2D eigenvalue weighted by Gasteiger charge is 2.17. The van der Waals surface area contributed by atoms with Gasteiger partial charge in [-0.05, 0) is 43.5 Å². The molecule has 0 saturated carbocycles. The second kappa shape index (κ2) is 8.70. The summed E-state index contributed by atoms with van der Waals surface area (Å²) in [6.07, 6.45) is 0. The third kappa shape index (κ3) is 4.20. The van der Waals surface area contributed by atoms with Gasteiger partial charge in [-0.15, -0.1) is 11.3 Å². The van der Waals surface area contributed by atoms with Gasteiger partial charge < -0.3 is 4.57 Å². The van der Waals surface area contributed by atoms with Crippen molar-refractivity contribution in [3.05, 3.63) is 110 Å². The standard InChI is InChI=1S/C25H23N3O2S/c1-17-9-7-14-23(18(17)2)26-25-27(19(3)20-10-5-4-6-11-20)24(16-31-25)21-12-8-13-22(15-21)28(29)30/h4-16,19H,1-3H3. The maximum absolute atomic E-state index is 11.3. The molecule has 0 amide bonds. The Kier molecular flexibility index (Phi) is 5.82. The van der Waals surface area contributed by atoms with Crippen LogP contribution in [0.1, 0.15) is 29.7 Å². The van der Waals surface area contributed by atoms with Gasteiger partial charge in [0.1, 0.15) is 0 Å². The molecule has 0 aliphatic carbocycles. The van der Waals surface area contributed by atoms with E-state index in [0.717, 1.165) is 32.9 Å². The van der Waals surface area contributed by atoms with E-state index in [0.29, 0.717) is 0 Å². The predicted octanol–water partition coefficient (Wildman–Crippen LogP) is 6.58. The molecule has 4 aromatic rings. The van der Waals surface area contributed by atoms with E-state index in [2.05, 4.69) is 43.5 Å². The molecule has 0 bridgehead atoms. The molecule has 5 nitrogen and oxygen atoms in total. The van der Waals surface area contributed by atoms with Gasteiger partial charge in [-0.3, -0.25) is 10.1 Å². The van der Waals surface area contributed by atoms with Crippen LogP contribution in [0, 0.1) is 24.0 Å². The van der Waals surface area contributed by atoms with Crippen LogP contribution in [-0.4, -0.2) is 9.49 Å². The summed E-state index contributed by atoms with van der Waals surface area (Å²) in [5, 5.41) is 13.4. The van der Waals surface area contributed by atoms with Crippen LogP contribution in [0.4, 0.5) is 11.4 Å². The second-order valence-corrected chi connectivity index (χ2v) is 8.34. The van der Waals surface area contributed by atoms with E-state index in [1.807, 2.05) is 41.8 Å². The van der Waals surface area contributed by atoms with Gasteiger partial charge >= 0.3 is 0 Å². The molecule has 156 valence electrons. The number of aromatic nitrogens is 1. The minimum atomic E-state index is -0.359. The lowest BCUT2D eigenvalue weighted by molar-refractivity contribution is -0.384. The van der Waals surface area contributed by atoms with Gasteiger partial charge in [0, 0.05) is 23.1 Å². The third-order valence-corrected chi connectivity index (χ3v) is 6.40. The van der Waals surface area contributed by atoms with E-state index in [-0.39, 0.29) is 16.7 Å². The molecule has 1 unspecified atom stereocenters. The van der Waals surface area contributed by atoms with Gasteiger partial charge in [-0.1, -0.05) is 54.6 Å². The van der Waals surface area contributed by atoms with E-state index in [1.54, 1.807) is 23.5 Å². The van der Waals surface area contributed by atoms with Crippen LogP contribution in [0.5, 0.6) is 0 Å². The number of non-ortho nitro benzene ring substituents is 1. The van der Waals surface area contributed by atoms with E-state index < -0.39 is 0 Å². The largest absolute Gasteiger partial charge is 0.309 e. The molecule has 6 heteroatoms. The summed E-state index contributed by atoms with van der Waals surface area (Å²) in [7, 11) is 0. The molecule has 1 aromatic heterocycles. The van der Waals surface area contributed by atoms with Crippen LogP contribution >= 0.6 is 11.3 Å². The molecular formula is C25H23N3O2S. The Bertz CT molecular complexity index is 1310. The van der Waals surface area contributed by atoms with Crippen LogP contribution < -0.4 is 4.80 Å². The van der Waals surface area contributed by atoms with Crippen LogP contribution in [0.3, 0.4) is 0 Å². The van der Waals surface area contributed by atoms with E-state index in [9.17, 15) is 10.1 Å². The molecular weight excluding hydrogens is 406 g/mol. The molecule has 0 fully saturated rings. The van der Waals surface area contributed by atoms with E-state index >= 15 is 0 Å². The van der Waals surface area contributed by atoms with Crippen LogP contribution in [0.2, 0.25) is 0 Å². The molecule has 3 aromatic carbocycles. The molecule has 0 N–H and O–H groups in total. The number of benzene rings is 3. The second-order valence-electron chi connectivity index (χ2n) is 7.50. The van der Waals surface area contributed by atoms with E-state index in [1.165, 1.54) is 11.6 Å². The summed E-state index contributed by atoms with van der Waals surface area (Å²) in [5.74, 6) is 0. The Hall–Kier alpha value is -3.51. The van der Waals surface area contributed by atoms with Gasteiger partial charge in [-0.2, -0.15) is 0 Å². The Labute approximate surface area is 185 Å². The molecule has 1 heterocycles. The average Bonchev–Trinajstić information content (AvgIpc) is 3.20. The first-order chi connectivity index (χ1) is 15.0. The number of nitrogens with zero attached hydrogens (tertiary/aromatic N) is 3. The molecule has 0 spiro atoms. The molecule has 4 rings (SSSR count). The van der Waals surface area contributed by atoms with Crippen molar-refractivity contribution in [2.45, 2.75) is 26.8 Å². The highest BCUT2D eigenvalue weighted by atomic mass is 32.1. The maximum atomic E-state index is 11.3. The highest BCUT2D eigenvalue weighted by Crippen LogP contribution is 2.30. The number of thiazole rings is 1. The van der Waals surface area contributed by atoms with E-state index in [4.69, 9.17) is 4.99 Å². The van der Waals surface area contributed by atoms with Gasteiger partial charge in [0.2, 0.25) is 0 Å². The zero-order chi connectivity index (χ0) is 22.0. The molecule has 0 aliphatic rings. The van der Waals surface area contributed by atoms with Crippen molar-refractivity contribution >= 4 is 22.7 Å². The smallest absolute Gasteiger partial charge is 0.270 e. The van der Waals surface area contributed by atoms with Crippen molar-refractivity contribution < 1.29 is 4.92 Å². The summed E-state index contributed by atoms with van der Waals surface area (Å²) < 4.78 is 2.17. The Morgan fingerprint density at radius 1 is 1.00 bits per heavy atom. The predicted molar refractivity (Wildman–Crippen MR) is 126 cm³/mol. The van der Waals surface area contributed by atoms with Crippen LogP contribution in [0.25, 0.3) is 11.3 Å². The van der Waals surface area contributed by atoms with Gasteiger partial charge in [-0.25, -0.2) is 4.99 Å². The number of nitro groups is 1. The zero-order valence-corrected chi connectivity index (χ0v) is 18.5. The number of hydrogen-bond acceptors (Lipinski definition) is 4. The lowest BCUT2D eigenvalue weighted by Gasteiger charge is -2.18. The molecule has 0 aliphatic heterocycles. The average molecular weight is 430 g/mol. The van der Waals surface area contributed by atoms with Crippen molar-refractivity contribution in [3.8, 4) is 11.3 Å². The number of nitro benzene ring substituents is 1. The SMILES string of the molecule is Cc1cccc(N=c2scc(-c3cccc([N+](=O)[O-])c3)n2C(C)c2ccccc2)c1C. The highest BCUT2D eigenvalue weighted by molar-refractivity contribution is 7.07. The first kappa shape index (κ1) is 20.8. The normalized spacial score (nSPS) is 12.7. The lowest BCUT2D eigenvalue weighted by atomic mass is 10.1. The topological polar surface area (TPSA) is 60.4 Å². The fourth-order valence-corrected chi connectivity index (χ4v) is 4.59. The monoisotopic (exact) mass is 429 g/mol. The third-order valence-electron chi connectivity index (χ3n) is 5.56. The Balaban J connectivity index is 1.95. The van der Waals surface area contributed by atoms with Crippen molar-refractivity contribution in [1.82, 2.24) is 4.57 Å². The van der Waals surface area contributed by atoms with Crippen molar-refractivity contribution in [2.24, 2.45) is 4.99 Å². The summed E-state index contributed by atoms with van der Waals surface area (Å²) >= 11 is 1.54. The van der Waals surface area contributed by atoms with Crippen molar-refractivity contribution in [2.75, 3.05) is 0 Å². The molecule has 1 atom stereocenters. The Morgan fingerprint density at radius 3 is 2.48 bits per heavy atom. The number of aryl methyl sites for hydroxylation is 1. The lowest BCUT2D eigenvalue weighted by Crippen LogP contribution is -2.20. The number of hydrogen-bond donors (Lipinski definition) is 0. The number of rotatable bonds is 5. The van der Waals surface area contributed by atoms with Gasteiger partial charge in [0.25, 0.3) is 5.69 Å². The van der Waals surface area contributed by atoms with Crippen molar-refractivity contribution in [3.63, 3.8) is 0 Å². The van der Waals surface area contributed by atoms with Crippen molar-refractivity contribution in [1.29, 1.82) is 0 Å². The van der Waals surface area contributed by atoms with Crippen LogP contribution in [-0.2, 0) is 0 Å². The minimum Gasteiger partial charge on any atom is -0.309 e. The first-order valence-electron chi connectivity index (χ1n) is 10.1. The molecule has 31 heavy (non-hydrogen) atoms. The molecule has 0 saturated heterocycles.